The average Bonchev–Trinajstić information content (AvgIpc) is 3.08. The molecule has 142 valence electrons. The quantitative estimate of drug-likeness (QED) is 0.575. The van der Waals surface area contributed by atoms with E-state index in [4.69, 9.17) is 11.6 Å². The maximum atomic E-state index is 15.5. The second kappa shape index (κ2) is 6.27. The Morgan fingerprint density at radius 1 is 1.29 bits per heavy atom. The lowest BCUT2D eigenvalue weighted by Gasteiger charge is -2.21. The van der Waals surface area contributed by atoms with Gasteiger partial charge in [-0.3, -0.25) is 4.79 Å². The molecule has 1 amide bonds. The van der Waals surface area contributed by atoms with E-state index < -0.39 is 5.82 Å². The number of carbonyl (C=O) groups is 1. The van der Waals surface area contributed by atoms with Gasteiger partial charge in [0, 0.05) is 36.1 Å². The Morgan fingerprint density at radius 2 is 2.14 bits per heavy atom. The SMILES string of the molecule is CC1CNC(=O)c2c1[nH]c1c2CCc2cnc(Nc3ccnc(Cl)n3)c(F)c2-1. The fraction of sp³-hybridized carbons (Fsp3) is 0.263. The van der Waals surface area contributed by atoms with E-state index in [0.29, 0.717) is 42.0 Å². The first-order valence-corrected chi connectivity index (χ1v) is 9.37. The molecule has 28 heavy (non-hydrogen) atoms. The first kappa shape index (κ1) is 17.1. The molecular formula is C19H16ClFN6O. The third kappa shape index (κ3) is 2.56. The predicted molar refractivity (Wildman–Crippen MR) is 102 cm³/mol. The van der Waals surface area contributed by atoms with Crippen LogP contribution in [0.5, 0.6) is 0 Å². The van der Waals surface area contributed by atoms with Crippen LogP contribution in [0, 0.1) is 5.82 Å². The van der Waals surface area contributed by atoms with Crippen LogP contribution in [-0.2, 0) is 12.8 Å². The average molecular weight is 399 g/mol. The summed E-state index contributed by atoms with van der Waals surface area (Å²) in [6, 6.07) is 1.58. The van der Waals surface area contributed by atoms with Gasteiger partial charge < -0.3 is 15.6 Å². The molecule has 3 aromatic rings. The topological polar surface area (TPSA) is 95.6 Å². The van der Waals surface area contributed by atoms with Gasteiger partial charge in [0.05, 0.1) is 11.3 Å². The zero-order chi connectivity index (χ0) is 19.4. The van der Waals surface area contributed by atoms with Crippen LogP contribution in [0.3, 0.4) is 0 Å². The second-order valence-electron chi connectivity index (χ2n) is 7.04. The summed E-state index contributed by atoms with van der Waals surface area (Å²) >= 11 is 5.80. The van der Waals surface area contributed by atoms with Gasteiger partial charge in [-0.2, -0.15) is 0 Å². The summed E-state index contributed by atoms with van der Waals surface area (Å²) < 4.78 is 15.5. The van der Waals surface area contributed by atoms with Crippen LogP contribution in [0.25, 0.3) is 11.3 Å². The normalized spacial score (nSPS) is 17.4. The van der Waals surface area contributed by atoms with Gasteiger partial charge in [0.2, 0.25) is 5.28 Å². The molecule has 5 rings (SSSR count). The molecule has 0 fully saturated rings. The lowest BCUT2D eigenvalue weighted by molar-refractivity contribution is 0.0940. The van der Waals surface area contributed by atoms with Gasteiger partial charge in [0.25, 0.3) is 5.91 Å². The highest BCUT2D eigenvalue weighted by Crippen LogP contribution is 2.41. The lowest BCUT2D eigenvalue weighted by Crippen LogP contribution is -2.34. The van der Waals surface area contributed by atoms with Crippen LogP contribution in [0.4, 0.5) is 16.0 Å². The van der Waals surface area contributed by atoms with Crippen molar-refractivity contribution < 1.29 is 9.18 Å². The zero-order valence-electron chi connectivity index (χ0n) is 14.9. The minimum Gasteiger partial charge on any atom is -0.357 e. The van der Waals surface area contributed by atoms with Gasteiger partial charge in [0.15, 0.2) is 11.6 Å². The number of halogens is 2. The van der Waals surface area contributed by atoms with E-state index in [2.05, 4.69) is 30.6 Å². The van der Waals surface area contributed by atoms with Crippen LogP contribution in [0.2, 0.25) is 5.28 Å². The van der Waals surface area contributed by atoms with Gasteiger partial charge in [0.1, 0.15) is 5.82 Å². The molecule has 0 aromatic carbocycles. The van der Waals surface area contributed by atoms with Crippen molar-refractivity contribution in [2.75, 3.05) is 11.9 Å². The number of aromatic nitrogens is 4. The monoisotopic (exact) mass is 398 g/mol. The zero-order valence-corrected chi connectivity index (χ0v) is 15.7. The van der Waals surface area contributed by atoms with Crippen LogP contribution >= 0.6 is 11.6 Å². The molecule has 1 atom stereocenters. The van der Waals surface area contributed by atoms with Gasteiger partial charge in [-0.25, -0.2) is 19.3 Å². The van der Waals surface area contributed by atoms with Crippen molar-refractivity contribution in [1.29, 1.82) is 0 Å². The number of anilines is 2. The van der Waals surface area contributed by atoms with E-state index in [-0.39, 0.29) is 22.9 Å². The second-order valence-corrected chi connectivity index (χ2v) is 7.37. The molecule has 0 saturated carbocycles. The molecule has 3 aromatic heterocycles. The smallest absolute Gasteiger partial charge is 0.253 e. The molecular weight excluding hydrogens is 383 g/mol. The molecule has 1 aliphatic heterocycles. The number of rotatable bonds is 2. The van der Waals surface area contributed by atoms with Gasteiger partial charge in [-0.05, 0) is 41.6 Å². The Labute approximate surface area is 164 Å². The van der Waals surface area contributed by atoms with Crippen LogP contribution in [-0.4, -0.2) is 32.4 Å². The van der Waals surface area contributed by atoms with E-state index in [1.165, 1.54) is 6.20 Å². The van der Waals surface area contributed by atoms with Crippen molar-refractivity contribution in [3.63, 3.8) is 0 Å². The summed E-state index contributed by atoms with van der Waals surface area (Å²) in [5, 5.41) is 5.82. The Balaban J connectivity index is 1.64. The van der Waals surface area contributed by atoms with E-state index in [1.807, 2.05) is 6.92 Å². The molecule has 3 N–H and O–H groups in total. The van der Waals surface area contributed by atoms with Crippen LogP contribution in [0.15, 0.2) is 18.5 Å². The molecule has 7 nitrogen and oxygen atoms in total. The summed E-state index contributed by atoms with van der Waals surface area (Å²) in [6.45, 7) is 2.61. The summed E-state index contributed by atoms with van der Waals surface area (Å²) in [7, 11) is 0. The summed E-state index contributed by atoms with van der Waals surface area (Å²) in [5.74, 6) is -0.0441. The maximum absolute atomic E-state index is 15.5. The molecule has 4 heterocycles. The first-order valence-electron chi connectivity index (χ1n) is 8.99. The number of H-pyrrole nitrogens is 1. The standard InChI is InChI=1S/C19H16ClFN6O/c1-8-6-24-18(28)13-10-3-2-9-7-23-17(25-11-4-5-22-19(20)26-11)14(21)12(9)16(10)27-15(8)13/h4-5,7-8,27H,2-3,6H2,1H3,(H,24,28)(H,22,23,25,26). The number of aromatic amines is 1. The molecule has 1 aliphatic carbocycles. The summed E-state index contributed by atoms with van der Waals surface area (Å²) in [4.78, 5) is 27.8. The van der Waals surface area contributed by atoms with Crippen LogP contribution < -0.4 is 10.6 Å². The Bertz CT molecular complexity index is 1130. The van der Waals surface area contributed by atoms with Gasteiger partial charge in [-0.1, -0.05) is 6.92 Å². The van der Waals surface area contributed by atoms with Crippen molar-refractivity contribution in [2.45, 2.75) is 25.7 Å². The van der Waals surface area contributed by atoms with Crippen molar-refractivity contribution in [3.05, 3.63) is 51.9 Å². The van der Waals surface area contributed by atoms with E-state index in [9.17, 15) is 4.79 Å². The van der Waals surface area contributed by atoms with Crippen molar-refractivity contribution in [1.82, 2.24) is 25.3 Å². The largest absolute Gasteiger partial charge is 0.357 e. The highest BCUT2D eigenvalue weighted by molar-refractivity contribution is 6.28. The van der Waals surface area contributed by atoms with Gasteiger partial charge in [-0.15, -0.1) is 0 Å². The molecule has 9 heteroatoms. The van der Waals surface area contributed by atoms with E-state index >= 15 is 4.39 Å². The lowest BCUT2D eigenvalue weighted by atomic mass is 9.87. The highest BCUT2D eigenvalue weighted by Gasteiger charge is 2.34. The number of aryl methyl sites for hydroxylation is 1. The maximum Gasteiger partial charge on any atom is 0.253 e. The minimum absolute atomic E-state index is 0.0476. The van der Waals surface area contributed by atoms with E-state index in [1.54, 1.807) is 12.3 Å². The molecule has 0 saturated heterocycles. The Hall–Kier alpha value is -3.00. The molecule has 2 aliphatic rings. The van der Waals surface area contributed by atoms with Gasteiger partial charge >= 0.3 is 0 Å². The number of hydrogen-bond acceptors (Lipinski definition) is 5. The number of nitrogens with zero attached hydrogens (tertiary/aromatic N) is 3. The third-order valence-corrected chi connectivity index (χ3v) is 5.47. The summed E-state index contributed by atoms with van der Waals surface area (Å²) in [6.07, 6.45) is 4.43. The molecule has 0 bridgehead atoms. The van der Waals surface area contributed by atoms with Crippen molar-refractivity contribution in [3.8, 4) is 11.3 Å². The fourth-order valence-corrected chi connectivity index (χ4v) is 4.09. The number of pyridine rings is 1. The molecule has 1 unspecified atom stereocenters. The molecule has 0 radical (unpaired) electrons. The Kier molecular flexibility index (Phi) is 3.83. The number of nitrogens with one attached hydrogen (secondary N) is 3. The predicted octanol–water partition coefficient (Wildman–Crippen LogP) is 3.35. The van der Waals surface area contributed by atoms with Crippen molar-refractivity contribution in [2.24, 2.45) is 0 Å². The summed E-state index contributed by atoms with van der Waals surface area (Å²) in [5.41, 5.74) is 4.32. The minimum atomic E-state index is -0.486. The van der Waals surface area contributed by atoms with Crippen LogP contribution in [0.1, 0.15) is 40.0 Å². The number of amides is 1. The highest BCUT2D eigenvalue weighted by atomic mass is 35.5. The first-order chi connectivity index (χ1) is 13.5. The fourth-order valence-electron chi connectivity index (χ4n) is 3.94. The number of fused-ring (bicyclic) bond motifs is 5. The van der Waals surface area contributed by atoms with E-state index in [0.717, 1.165) is 16.8 Å². The number of hydrogen-bond donors (Lipinski definition) is 3. The number of carbonyl (C=O) groups excluding carboxylic acids is 1. The third-order valence-electron chi connectivity index (χ3n) is 5.29. The molecule has 0 spiro atoms. The Morgan fingerprint density at radius 3 is 2.96 bits per heavy atom. The van der Waals surface area contributed by atoms with Crippen molar-refractivity contribution >= 4 is 29.1 Å².